The highest BCUT2D eigenvalue weighted by Crippen LogP contribution is 2.13. The van der Waals surface area contributed by atoms with Gasteiger partial charge in [0.25, 0.3) is 0 Å². The zero-order valence-electron chi connectivity index (χ0n) is 12.4. The number of carbonyl (C=O) groups is 2. The Morgan fingerprint density at radius 3 is 2.38 bits per heavy atom. The van der Waals surface area contributed by atoms with Crippen molar-refractivity contribution in [3.8, 4) is 12.3 Å². The molecule has 1 aromatic carbocycles. The van der Waals surface area contributed by atoms with Crippen molar-refractivity contribution in [1.82, 2.24) is 10.6 Å². The molecule has 0 saturated carbocycles. The minimum atomic E-state index is -1.22. The van der Waals surface area contributed by atoms with E-state index in [0.29, 0.717) is 6.42 Å². The van der Waals surface area contributed by atoms with Crippen LogP contribution in [0.25, 0.3) is 0 Å². The molecule has 0 fully saturated rings. The van der Waals surface area contributed by atoms with E-state index in [1.54, 1.807) is 0 Å². The second-order valence-electron chi connectivity index (χ2n) is 5.56. The molecule has 5 heteroatoms. The molecule has 1 atom stereocenters. The van der Waals surface area contributed by atoms with Gasteiger partial charge in [-0.05, 0) is 44.9 Å². The Balaban J connectivity index is 2.66. The van der Waals surface area contributed by atoms with E-state index in [4.69, 9.17) is 11.5 Å². The molecular formula is C16H20N2O3. The number of nitrogens with one attached hydrogen (secondary N) is 2. The molecule has 0 heterocycles. The van der Waals surface area contributed by atoms with Crippen molar-refractivity contribution in [3.63, 3.8) is 0 Å². The number of carboxylic acid groups (broad SMARTS) is 1. The maximum Gasteiger partial charge on any atom is 0.405 e. The molecule has 0 aromatic heterocycles. The summed E-state index contributed by atoms with van der Waals surface area (Å²) in [5.74, 6) is 2.19. The Labute approximate surface area is 124 Å². The van der Waals surface area contributed by atoms with Crippen molar-refractivity contribution in [2.24, 2.45) is 0 Å². The Morgan fingerprint density at radius 2 is 1.90 bits per heavy atom. The predicted octanol–water partition coefficient (Wildman–Crippen LogP) is 1.76. The zero-order chi connectivity index (χ0) is 16.0. The SMILES string of the molecule is C#Cc1ccc(CC(C)(C)NC(=O)[C@H](C)NC(=O)O)cc1. The van der Waals surface area contributed by atoms with Crippen molar-refractivity contribution in [1.29, 1.82) is 0 Å². The van der Waals surface area contributed by atoms with E-state index in [1.165, 1.54) is 6.92 Å². The summed E-state index contributed by atoms with van der Waals surface area (Å²) in [6, 6.07) is 6.74. The second-order valence-corrected chi connectivity index (χ2v) is 5.56. The number of amides is 2. The van der Waals surface area contributed by atoms with E-state index in [-0.39, 0.29) is 5.91 Å². The van der Waals surface area contributed by atoms with Crippen LogP contribution in [0.4, 0.5) is 4.79 Å². The second kappa shape index (κ2) is 6.80. The lowest BCUT2D eigenvalue weighted by atomic mass is 9.94. The van der Waals surface area contributed by atoms with Gasteiger partial charge in [0.05, 0.1) is 0 Å². The van der Waals surface area contributed by atoms with Crippen molar-refractivity contribution in [2.45, 2.75) is 38.8 Å². The summed E-state index contributed by atoms with van der Waals surface area (Å²) in [5, 5.41) is 13.6. The molecule has 0 aliphatic heterocycles. The maximum absolute atomic E-state index is 11.9. The average Bonchev–Trinajstić information content (AvgIpc) is 2.37. The topological polar surface area (TPSA) is 78.4 Å². The largest absolute Gasteiger partial charge is 0.465 e. The van der Waals surface area contributed by atoms with Gasteiger partial charge >= 0.3 is 6.09 Å². The molecule has 5 nitrogen and oxygen atoms in total. The fraction of sp³-hybridized carbons (Fsp3) is 0.375. The van der Waals surface area contributed by atoms with Crippen LogP contribution < -0.4 is 10.6 Å². The van der Waals surface area contributed by atoms with Crippen LogP contribution in [0, 0.1) is 12.3 Å². The lowest BCUT2D eigenvalue weighted by Gasteiger charge is -2.28. The number of hydrogen-bond acceptors (Lipinski definition) is 2. The molecule has 0 aliphatic carbocycles. The normalized spacial score (nSPS) is 12.1. The third-order valence-corrected chi connectivity index (χ3v) is 2.96. The number of rotatable bonds is 5. The van der Waals surface area contributed by atoms with Gasteiger partial charge < -0.3 is 15.7 Å². The molecule has 0 radical (unpaired) electrons. The molecular weight excluding hydrogens is 268 g/mol. The summed E-state index contributed by atoms with van der Waals surface area (Å²) >= 11 is 0. The standard InChI is InChI=1S/C16H20N2O3/c1-5-12-6-8-13(9-7-12)10-16(3,4)18-14(19)11(2)17-15(20)21/h1,6-9,11,17H,10H2,2-4H3,(H,18,19)(H,20,21)/t11-/m0/s1. The summed E-state index contributed by atoms with van der Waals surface area (Å²) in [5.41, 5.74) is 1.35. The van der Waals surface area contributed by atoms with E-state index in [1.807, 2.05) is 38.1 Å². The molecule has 0 spiro atoms. The Morgan fingerprint density at radius 1 is 1.33 bits per heavy atom. The fourth-order valence-corrected chi connectivity index (χ4v) is 1.97. The van der Waals surface area contributed by atoms with Crippen LogP contribution in [-0.2, 0) is 11.2 Å². The summed E-state index contributed by atoms with van der Waals surface area (Å²) in [6.07, 6.45) is 4.70. The zero-order valence-corrected chi connectivity index (χ0v) is 12.4. The fourth-order valence-electron chi connectivity index (χ4n) is 1.97. The predicted molar refractivity (Wildman–Crippen MR) is 80.9 cm³/mol. The van der Waals surface area contributed by atoms with Crippen LogP contribution in [-0.4, -0.2) is 28.7 Å². The lowest BCUT2D eigenvalue weighted by molar-refractivity contribution is -0.124. The van der Waals surface area contributed by atoms with E-state index in [2.05, 4.69) is 16.6 Å². The minimum absolute atomic E-state index is 0.359. The smallest absolute Gasteiger partial charge is 0.405 e. The van der Waals surface area contributed by atoms with Gasteiger partial charge in [-0.25, -0.2) is 4.79 Å². The van der Waals surface area contributed by atoms with E-state index in [0.717, 1.165) is 11.1 Å². The van der Waals surface area contributed by atoms with Crippen LogP contribution >= 0.6 is 0 Å². The molecule has 0 saturated heterocycles. The molecule has 0 bridgehead atoms. The van der Waals surface area contributed by atoms with Crippen LogP contribution in [0.1, 0.15) is 31.9 Å². The molecule has 1 rings (SSSR count). The molecule has 0 aliphatic rings. The van der Waals surface area contributed by atoms with E-state index < -0.39 is 17.7 Å². The quantitative estimate of drug-likeness (QED) is 0.722. The summed E-state index contributed by atoms with van der Waals surface area (Å²) in [6.45, 7) is 5.27. The van der Waals surface area contributed by atoms with Crippen molar-refractivity contribution in [3.05, 3.63) is 35.4 Å². The van der Waals surface area contributed by atoms with Crippen LogP contribution in [0.2, 0.25) is 0 Å². The van der Waals surface area contributed by atoms with Crippen molar-refractivity contribution < 1.29 is 14.7 Å². The number of hydrogen-bond donors (Lipinski definition) is 3. The Hall–Kier alpha value is -2.48. The van der Waals surface area contributed by atoms with Gasteiger partial charge in [0.2, 0.25) is 5.91 Å². The lowest BCUT2D eigenvalue weighted by Crippen LogP contribution is -2.52. The van der Waals surface area contributed by atoms with Crippen molar-refractivity contribution in [2.75, 3.05) is 0 Å². The third-order valence-electron chi connectivity index (χ3n) is 2.96. The first-order chi connectivity index (χ1) is 9.73. The van der Waals surface area contributed by atoms with Gasteiger partial charge in [-0.3, -0.25) is 4.79 Å². The van der Waals surface area contributed by atoms with Crippen LogP contribution in [0.15, 0.2) is 24.3 Å². The monoisotopic (exact) mass is 288 g/mol. The first-order valence-electron chi connectivity index (χ1n) is 6.60. The summed E-state index contributed by atoms with van der Waals surface area (Å²) in [7, 11) is 0. The highest BCUT2D eigenvalue weighted by atomic mass is 16.4. The number of benzene rings is 1. The highest BCUT2D eigenvalue weighted by Gasteiger charge is 2.24. The molecule has 1 aromatic rings. The third kappa shape index (κ3) is 5.57. The maximum atomic E-state index is 11.9. The van der Waals surface area contributed by atoms with Crippen molar-refractivity contribution >= 4 is 12.0 Å². The molecule has 0 unspecified atom stereocenters. The van der Waals surface area contributed by atoms with Gasteiger partial charge in [-0.15, -0.1) is 6.42 Å². The summed E-state index contributed by atoms with van der Waals surface area (Å²) in [4.78, 5) is 22.4. The highest BCUT2D eigenvalue weighted by molar-refractivity contribution is 5.85. The average molecular weight is 288 g/mol. The molecule has 2 amide bonds. The Bertz CT molecular complexity index is 556. The van der Waals surface area contributed by atoms with Crippen LogP contribution in [0.5, 0.6) is 0 Å². The van der Waals surface area contributed by atoms with Gasteiger partial charge in [-0.2, -0.15) is 0 Å². The van der Waals surface area contributed by atoms with Gasteiger partial charge in [-0.1, -0.05) is 18.1 Å². The number of carbonyl (C=O) groups excluding carboxylic acids is 1. The summed E-state index contributed by atoms with van der Waals surface area (Å²) < 4.78 is 0. The van der Waals surface area contributed by atoms with Gasteiger partial charge in [0, 0.05) is 11.1 Å². The van der Waals surface area contributed by atoms with E-state index in [9.17, 15) is 9.59 Å². The molecule has 112 valence electrons. The van der Waals surface area contributed by atoms with E-state index >= 15 is 0 Å². The minimum Gasteiger partial charge on any atom is -0.465 e. The molecule has 3 N–H and O–H groups in total. The first kappa shape index (κ1) is 16.6. The number of terminal acetylenes is 1. The van der Waals surface area contributed by atoms with Crippen LogP contribution in [0.3, 0.4) is 0 Å². The van der Waals surface area contributed by atoms with Gasteiger partial charge in [0.1, 0.15) is 6.04 Å². The van der Waals surface area contributed by atoms with Gasteiger partial charge in [0.15, 0.2) is 0 Å². The Kier molecular flexibility index (Phi) is 5.37. The molecule has 21 heavy (non-hydrogen) atoms. The first-order valence-corrected chi connectivity index (χ1v) is 6.60.